The van der Waals surface area contributed by atoms with Crippen molar-refractivity contribution in [2.45, 2.75) is 34.1 Å². The van der Waals surface area contributed by atoms with Crippen molar-refractivity contribution in [1.29, 1.82) is 0 Å². The van der Waals surface area contributed by atoms with Gasteiger partial charge in [0.15, 0.2) is 0 Å². The molecule has 0 aliphatic heterocycles. The van der Waals surface area contributed by atoms with E-state index in [1.165, 1.54) is 11.3 Å². The topological polar surface area (TPSA) is 64.6 Å². The number of aryl methyl sites for hydroxylation is 1. The van der Waals surface area contributed by atoms with Gasteiger partial charge in [0.1, 0.15) is 16.3 Å². The molecule has 1 aromatic carbocycles. The van der Waals surface area contributed by atoms with E-state index in [9.17, 15) is 9.59 Å². The van der Waals surface area contributed by atoms with Crippen molar-refractivity contribution < 1.29 is 19.1 Å². The van der Waals surface area contributed by atoms with Crippen LogP contribution in [0.2, 0.25) is 0 Å². The van der Waals surface area contributed by atoms with Gasteiger partial charge in [-0.1, -0.05) is 19.1 Å². The van der Waals surface area contributed by atoms with Crippen LogP contribution in [0.15, 0.2) is 24.3 Å². The largest absolute Gasteiger partial charge is 0.494 e. The van der Waals surface area contributed by atoms with E-state index in [0.717, 1.165) is 21.8 Å². The first-order chi connectivity index (χ1) is 12.0. The number of thiophene rings is 1. The van der Waals surface area contributed by atoms with Crippen LogP contribution < -0.4 is 10.1 Å². The summed E-state index contributed by atoms with van der Waals surface area (Å²) < 4.78 is 10.7. The lowest BCUT2D eigenvalue weighted by atomic mass is 10.0. The zero-order valence-corrected chi connectivity index (χ0v) is 15.8. The molecular weight excluding hydrogens is 338 g/mol. The predicted octanol–water partition coefficient (Wildman–Crippen LogP) is 4.65. The number of ether oxygens (including phenoxy) is 2. The van der Waals surface area contributed by atoms with Crippen LogP contribution in [-0.2, 0) is 9.53 Å². The number of nitrogens with one attached hydrogen (secondary N) is 1. The third-order valence-electron chi connectivity index (χ3n) is 3.59. The molecule has 0 fully saturated rings. The highest BCUT2D eigenvalue weighted by Crippen LogP contribution is 2.40. The Morgan fingerprint density at radius 2 is 1.76 bits per heavy atom. The van der Waals surface area contributed by atoms with E-state index in [4.69, 9.17) is 9.47 Å². The van der Waals surface area contributed by atoms with Crippen molar-refractivity contribution in [2.75, 3.05) is 18.5 Å². The molecule has 6 heteroatoms. The SMILES string of the molecule is CCOC(=O)c1c(NC(=O)CC)sc(C)c1-c1ccc(OCC)cc1. The lowest BCUT2D eigenvalue weighted by Crippen LogP contribution is -2.13. The summed E-state index contributed by atoms with van der Waals surface area (Å²) in [6, 6.07) is 7.56. The Morgan fingerprint density at radius 3 is 2.32 bits per heavy atom. The summed E-state index contributed by atoms with van der Waals surface area (Å²) in [5, 5.41) is 3.35. The lowest BCUT2D eigenvalue weighted by molar-refractivity contribution is -0.115. The molecule has 2 rings (SSSR count). The van der Waals surface area contributed by atoms with Crippen LogP contribution in [0.25, 0.3) is 11.1 Å². The Balaban J connectivity index is 2.51. The van der Waals surface area contributed by atoms with E-state index in [2.05, 4.69) is 5.32 Å². The second-order valence-corrected chi connectivity index (χ2v) is 6.54. The Hall–Kier alpha value is -2.34. The van der Waals surface area contributed by atoms with Gasteiger partial charge in [-0.2, -0.15) is 0 Å². The molecule has 0 bridgehead atoms. The number of rotatable bonds is 7. The highest BCUT2D eigenvalue weighted by molar-refractivity contribution is 7.17. The van der Waals surface area contributed by atoms with Crippen molar-refractivity contribution in [3.63, 3.8) is 0 Å². The molecule has 1 heterocycles. The zero-order valence-electron chi connectivity index (χ0n) is 15.0. The van der Waals surface area contributed by atoms with Crippen molar-refractivity contribution in [3.05, 3.63) is 34.7 Å². The molecule has 0 aliphatic carbocycles. The standard InChI is InChI=1S/C19H23NO4S/c1-5-15(21)20-18-17(19(22)24-7-3)16(12(4)25-18)13-8-10-14(11-9-13)23-6-2/h8-11H,5-7H2,1-4H3,(H,20,21). The molecule has 0 radical (unpaired) electrons. The third-order valence-corrected chi connectivity index (χ3v) is 4.61. The summed E-state index contributed by atoms with van der Waals surface area (Å²) in [7, 11) is 0. The van der Waals surface area contributed by atoms with Gasteiger partial charge in [-0.25, -0.2) is 4.79 Å². The quantitative estimate of drug-likeness (QED) is 0.729. The van der Waals surface area contributed by atoms with Gasteiger partial charge in [0.2, 0.25) is 5.91 Å². The first-order valence-electron chi connectivity index (χ1n) is 8.35. The number of carbonyl (C=O) groups is 2. The maximum atomic E-state index is 12.5. The number of benzene rings is 1. The van der Waals surface area contributed by atoms with E-state index in [1.54, 1.807) is 13.8 Å². The number of hydrogen-bond acceptors (Lipinski definition) is 5. The van der Waals surface area contributed by atoms with Crippen LogP contribution in [0, 0.1) is 6.92 Å². The minimum Gasteiger partial charge on any atom is -0.494 e. The fourth-order valence-electron chi connectivity index (χ4n) is 2.48. The molecule has 1 N–H and O–H groups in total. The molecule has 0 unspecified atom stereocenters. The first kappa shape index (κ1) is 19.0. The van der Waals surface area contributed by atoms with Gasteiger partial charge < -0.3 is 14.8 Å². The van der Waals surface area contributed by atoms with Gasteiger partial charge in [0.05, 0.1) is 13.2 Å². The maximum absolute atomic E-state index is 12.5. The van der Waals surface area contributed by atoms with Gasteiger partial charge in [0.25, 0.3) is 0 Å². The molecule has 1 amide bonds. The molecule has 2 aromatic rings. The summed E-state index contributed by atoms with van der Waals surface area (Å²) in [6.07, 6.45) is 0.345. The van der Waals surface area contributed by atoms with E-state index < -0.39 is 5.97 Å². The third kappa shape index (κ3) is 4.39. The average Bonchev–Trinajstić information content (AvgIpc) is 2.92. The zero-order chi connectivity index (χ0) is 18.4. The molecule has 0 saturated carbocycles. The van der Waals surface area contributed by atoms with Crippen molar-refractivity contribution in [1.82, 2.24) is 0 Å². The van der Waals surface area contributed by atoms with Gasteiger partial charge in [0, 0.05) is 16.9 Å². The smallest absolute Gasteiger partial charge is 0.341 e. The normalized spacial score (nSPS) is 10.4. The molecule has 25 heavy (non-hydrogen) atoms. The van der Waals surface area contributed by atoms with Gasteiger partial charge >= 0.3 is 5.97 Å². The minimum atomic E-state index is -0.429. The Kier molecular flexibility index (Phi) is 6.58. The molecule has 134 valence electrons. The van der Waals surface area contributed by atoms with Crippen LogP contribution in [0.3, 0.4) is 0 Å². The average molecular weight is 361 g/mol. The second kappa shape index (κ2) is 8.67. The van der Waals surface area contributed by atoms with Crippen LogP contribution in [-0.4, -0.2) is 25.1 Å². The van der Waals surface area contributed by atoms with Gasteiger partial charge in [-0.05, 0) is 38.5 Å². The van der Waals surface area contributed by atoms with Crippen LogP contribution in [0.4, 0.5) is 5.00 Å². The Morgan fingerprint density at radius 1 is 1.08 bits per heavy atom. The van der Waals surface area contributed by atoms with Gasteiger partial charge in [-0.3, -0.25) is 4.79 Å². The number of hydrogen-bond donors (Lipinski definition) is 1. The number of amides is 1. The van der Waals surface area contributed by atoms with E-state index in [0.29, 0.717) is 23.6 Å². The predicted molar refractivity (Wildman–Crippen MR) is 101 cm³/mol. The minimum absolute atomic E-state index is 0.134. The Bertz CT molecular complexity index is 750. The summed E-state index contributed by atoms with van der Waals surface area (Å²) in [5.74, 6) is 0.212. The molecule has 0 saturated heterocycles. The van der Waals surface area contributed by atoms with Gasteiger partial charge in [-0.15, -0.1) is 11.3 Å². The maximum Gasteiger partial charge on any atom is 0.341 e. The highest BCUT2D eigenvalue weighted by Gasteiger charge is 2.25. The molecule has 0 atom stereocenters. The summed E-state index contributed by atoms with van der Waals surface area (Å²) in [4.78, 5) is 25.3. The molecule has 5 nitrogen and oxygen atoms in total. The number of anilines is 1. The number of carbonyl (C=O) groups excluding carboxylic acids is 2. The van der Waals surface area contributed by atoms with Crippen LogP contribution >= 0.6 is 11.3 Å². The van der Waals surface area contributed by atoms with Crippen molar-refractivity contribution in [3.8, 4) is 16.9 Å². The molecular formula is C19H23NO4S. The summed E-state index contributed by atoms with van der Waals surface area (Å²) in [6.45, 7) is 8.26. The molecule has 1 aromatic heterocycles. The highest BCUT2D eigenvalue weighted by atomic mass is 32.1. The fourth-order valence-corrected chi connectivity index (χ4v) is 3.56. The van der Waals surface area contributed by atoms with Crippen molar-refractivity contribution in [2.24, 2.45) is 0 Å². The second-order valence-electron chi connectivity index (χ2n) is 5.32. The van der Waals surface area contributed by atoms with E-state index in [1.807, 2.05) is 38.1 Å². The lowest BCUT2D eigenvalue weighted by Gasteiger charge is -2.09. The van der Waals surface area contributed by atoms with Crippen LogP contribution in [0.5, 0.6) is 5.75 Å². The summed E-state index contributed by atoms with van der Waals surface area (Å²) >= 11 is 1.38. The number of esters is 1. The van der Waals surface area contributed by atoms with Crippen molar-refractivity contribution >= 4 is 28.2 Å². The van der Waals surface area contributed by atoms with Crippen LogP contribution in [0.1, 0.15) is 42.4 Å². The molecule has 0 spiro atoms. The Labute approximate surface area is 152 Å². The first-order valence-corrected chi connectivity index (χ1v) is 9.16. The monoisotopic (exact) mass is 361 g/mol. The summed E-state index contributed by atoms with van der Waals surface area (Å²) in [5.41, 5.74) is 2.09. The van der Waals surface area contributed by atoms with E-state index in [-0.39, 0.29) is 12.5 Å². The van der Waals surface area contributed by atoms with E-state index >= 15 is 0 Å². The molecule has 0 aliphatic rings. The fraction of sp³-hybridized carbons (Fsp3) is 0.368.